The molecule has 1 fully saturated rings. The lowest BCUT2D eigenvalue weighted by Crippen LogP contribution is -2.86. The van der Waals surface area contributed by atoms with E-state index in [0.717, 1.165) is 6.07 Å². The lowest BCUT2D eigenvalue weighted by molar-refractivity contribution is 0.0582. The fourth-order valence-corrected chi connectivity index (χ4v) is 1.91. The van der Waals surface area contributed by atoms with E-state index in [9.17, 15) is 8.78 Å². The van der Waals surface area contributed by atoms with E-state index in [1.807, 2.05) is 0 Å². The van der Waals surface area contributed by atoms with Gasteiger partial charge in [-0.2, -0.15) is 4.39 Å². The monoisotopic (exact) mass is 245 g/mol. The molecule has 0 atom stereocenters. The number of hydrogen-bond donors (Lipinski definition) is 1. The highest BCUT2D eigenvalue weighted by Crippen LogP contribution is 2.30. The molecule has 12 radical (unpaired) electrons. The first-order valence-corrected chi connectivity index (χ1v) is 5.20. The minimum atomic E-state index is -1.60. The van der Waals surface area contributed by atoms with E-state index in [4.69, 9.17) is 51.8 Å². The van der Waals surface area contributed by atoms with Gasteiger partial charge >= 0.3 is 0 Å². The molecule has 0 aliphatic carbocycles. The first-order valence-electron chi connectivity index (χ1n) is 5.20. The molecule has 1 aromatic rings. The molecule has 0 aromatic heterocycles. The fourth-order valence-electron chi connectivity index (χ4n) is 1.91. The van der Waals surface area contributed by atoms with Crippen molar-refractivity contribution in [1.29, 1.82) is 0 Å². The highest BCUT2D eigenvalue weighted by Gasteiger charge is 2.52. The standard InChI is InChI=1S/C9H3B6F2NO/c10-2-1-3(11)6(5(17)4(2)16)19-7-8(12,13)18-9(7,14)15/h1,7,18H. The van der Waals surface area contributed by atoms with Crippen molar-refractivity contribution < 1.29 is 13.5 Å². The Morgan fingerprint density at radius 2 is 1.53 bits per heavy atom. The van der Waals surface area contributed by atoms with Crippen LogP contribution in [-0.4, -0.2) is 63.9 Å². The van der Waals surface area contributed by atoms with Crippen molar-refractivity contribution in [3.05, 3.63) is 17.7 Å². The van der Waals surface area contributed by atoms with Crippen LogP contribution in [-0.2, 0) is 0 Å². The van der Waals surface area contributed by atoms with Gasteiger partial charge in [0, 0.05) is 0 Å². The molecule has 19 heavy (non-hydrogen) atoms. The normalized spacial score (nSPS) is 20.7. The lowest BCUT2D eigenvalue weighted by atomic mass is 9.38. The number of nitrogens with one attached hydrogen (secondary N) is 1. The van der Waals surface area contributed by atoms with E-state index in [2.05, 4.69) is 5.32 Å². The fraction of sp³-hybridized carbons (Fsp3) is 0.333. The second kappa shape index (κ2) is 4.37. The molecule has 1 aromatic carbocycles. The maximum Gasteiger partial charge on any atom is 0.199 e. The summed E-state index contributed by atoms with van der Waals surface area (Å²) < 4.78 is 32.2. The number of rotatable bonds is 2. The van der Waals surface area contributed by atoms with Crippen molar-refractivity contribution in [3.63, 3.8) is 0 Å². The van der Waals surface area contributed by atoms with E-state index in [1.165, 1.54) is 0 Å². The minimum Gasteiger partial charge on any atom is -0.487 e. The van der Waals surface area contributed by atoms with Crippen LogP contribution in [0.5, 0.6) is 5.75 Å². The van der Waals surface area contributed by atoms with Crippen molar-refractivity contribution >= 4 is 58.0 Å². The van der Waals surface area contributed by atoms with E-state index < -0.39 is 39.6 Å². The largest absolute Gasteiger partial charge is 0.487 e. The Morgan fingerprint density at radius 1 is 1.00 bits per heavy atom. The molecule has 1 heterocycles. The predicted molar refractivity (Wildman–Crippen MR) is 73.2 cm³/mol. The molecule has 10 heteroatoms. The summed E-state index contributed by atoms with van der Waals surface area (Å²) in [5.74, 6) is -3.26. The van der Waals surface area contributed by atoms with E-state index in [-0.39, 0.29) is 5.46 Å². The van der Waals surface area contributed by atoms with Crippen LogP contribution in [0.4, 0.5) is 8.78 Å². The second-order valence-corrected chi connectivity index (χ2v) is 4.50. The zero-order valence-corrected chi connectivity index (χ0v) is 9.78. The molecule has 0 unspecified atom stereocenters. The van der Waals surface area contributed by atoms with Gasteiger partial charge in [-0.1, -0.05) is 17.0 Å². The molecule has 82 valence electrons. The van der Waals surface area contributed by atoms with Gasteiger partial charge in [0.15, 0.2) is 17.4 Å². The van der Waals surface area contributed by atoms with Crippen LogP contribution in [0.2, 0.25) is 0 Å². The Bertz CT molecular complexity index is 524. The van der Waals surface area contributed by atoms with E-state index >= 15 is 0 Å². The predicted octanol–water partition coefficient (Wildman–Crippen LogP) is -3.12. The number of ether oxygens (including phenoxy) is 1. The van der Waals surface area contributed by atoms with Crippen molar-refractivity contribution in [1.82, 2.24) is 5.32 Å². The van der Waals surface area contributed by atoms with Gasteiger partial charge in [0.1, 0.15) is 21.8 Å². The van der Waals surface area contributed by atoms with Crippen LogP contribution in [0.15, 0.2) is 6.07 Å². The lowest BCUT2D eigenvalue weighted by Gasteiger charge is -2.60. The van der Waals surface area contributed by atoms with Gasteiger partial charge in [0.25, 0.3) is 0 Å². The molecule has 0 amide bonds. The maximum atomic E-state index is 13.7. The van der Waals surface area contributed by atoms with Crippen LogP contribution in [0.1, 0.15) is 0 Å². The van der Waals surface area contributed by atoms with Gasteiger partial charge in [0.2, 0.25) is 0 Å². The summed E-state index contributed by atoms with van der Waals surface area (Å²) in [6.07, 6.45) is -1.22. The summed E-state index contributed by atoms with van der Waals surface area (Å²) in [7, 11) is 32.9. The first kappa shape index (κ1) is 14.6. The van der Waals surface area contributed by atoms with Gasteiger partial charge < -0.3 is 10.1 Å². The molecule has 1 saturated heterocycles. The SMILES string of the molecule is [B]c1cc([B])c(OC2C([B])([B])NC2([B])[B])c(F)c1F. The number of hydrogen-bond acceptors (Lipinski definition) is 2. The number of halogens is 2. The molecule has 1 N–H and O–H groups in total. The van der Waals surface area contributed by atoms with Crippen molar-refractivity contribution in [3.8, 4) is 5.75 Å². The molecular formula is C9H3B6F2NO. The quantitative estimate of drug-likeness (QED) is 0.556. The summed E-state index contributed by atoms with van der Waals surface area (Å²) in [5.41, 5.74) is -0.678. The number of benzene rings is 1. The Hall–Kier alpha value is -0.770. The van der Waals surface area contributed by atoms with E-state index in [0.29, 0.717) is 0 Å². The second-order valence-electron chi connectivity index (χ2n) is 4.50. The summed E-state index contributed by atoms with van der Waals surface area (Å²) in [6, 6.07) is 1.00. The zero-order chi connectivity index (χ0) is 14.6. The minimum absolute atomic E-state index is 0.227. The molecule has 0 bridgehead atoms. The molecule has 1 aliphatic rings. The van der Waals surface area contributed by atoms with Crippen LogP contribution in [0, 0.1) is 11.6 Å². The Balaban J connectivity index is 2.37. The highest BCUT2D eigenvalue weighted by atomic mass is 19.2. The third-order valence-corrected chi connectivity index (χ3v) is 2.76. The summed E-state index contributed by atoms with van der Waals surface area (Å²) in [5, 5.41) is -0.796. The molecule has 1 aliphatic heterocycles. The van der Waals surface area contributed by atoms with Gasteiger partial charge in [-0.3, -0.25) is 0 Å². The smallest absolute Gasteiger partial charge is 0.199 e. The molecular weight excluding hydrogens is 241 g/mol. The Morgan fingerprint density at radius 3 is 2.00 bits per heavy atom. The van der Waals surface area contributed by atoms with Gasteiger partial charge in [0.05, 0.1) is 31.4 Å². The van der Waals surface area contributed by atoms with Gasteiger partial charge in [-0.15, -0.1) is 0 Å². The molecule has 0 saturated carbocycles. The summed E-state index contributed by atoms with van der Waals surface area (Å²) >= 11 is 0. The summed E-state index contributed by atoms with van der Waals surface area (Å²) in [6.45, 7) is 0. The van der Waals surface area contributed by atoms with Crippen molar-refractivity contribution in [2.24, 2.45) is 0 Å². The topological polar surface area (TPSA) is 21.3 Å². The highest BCUT2D eigenvalue weighted by molar-refractivity contribution is 6.49. The van der Waals surface area contributed by atoms with Crippen LogP contribution in [0.25, 0.3) is 0 Å². The Kier molecular flexibility index (Phi) is 3.37. The third-order valence-electron chi connectivity index (χ3n) is 2.76. The molecule has 2 nitrogen and oxygen atoms in total. The van der Waals surface area contributed by atoms with E-state index in [1.54, 1.807) is 0 Å². The first-order chi connectivity index (χ1) is 8.56. The average molecular weight is 244 g/mol. The summed E-state index contributed by atoms with van der Waals surface area (Å²) in [4.78, 5) is 0. The molecule has 2 rings (SSSR count). The average Bonchev–Trinajstić information content (AvgIpc) is 2.23. The van der Waals surface area contributed by atoms with Gasteiger partial charge in [-0.05, 0) is 10.7 Å². The Labute approximate surface area is 117 Å². The molecule has 0 spiro atoms. The van der Waals surface area contributed by atoms with Crippen molar-refractivity contribution in [2.45, 2.75) is 16.8 Å². The van der Waals surface area contributed by atoms with Crippen molar-refractivity contribution in [2.75, 3.05) is 0 Å². The maximum absolute atomic E-state index is 13.7. The van der Waals surface area contributed by atoms with Crippen LogP contribution >= 0.6 is 0 Å². The van der Waals surface area contributed by atoms with Crippen LogP contribution < -0.4 is 21.0 Å². The zero-order valence-electron chi connectivity index (χ0n) is 9.78. The van der Waals surface area contributed by atoms with Gasteiger partial charge in [-0.25, -0.2) is 4.39 Å². The third kappa shape index (κ3) is 2.35. The van der Waals surface area contributed by atoms with Crippen LogP contribution in [0.3, 0.4) is 0 Å².